The molecule has 1 aromatic carbocycles. The number of hydrogen-bond acceptors (Lipinski definition) is 4. The Balaban J connectivity index is 1.44. The van der Waals surface area contributed by atoms with Gasteiger partial charge in [0.05, 0.1) is 6.54 Å². The third kappa shape index (κ3) is 6.63. The van der Waals surface area contributed by atoms with Gasteiger partial charge in [-0.1, -0.05) is 6.42 Å². The lowest BCUT2D eigenvalue weighted by Gasteiger charge is -2.29. The molecule has 7 heteroatoms. The fourth-order valence-electron chi connectivity index (χ4n) is 4.15. The van der Waals surface area contributed by atoms with Crippen molar-refractivity contribution in [3.63, 3.8) is 0 Å². The van der Waals surface area contributed by atoms with E-state index in [1.165, 1.54) is 57.5 Å². The summed E-state index contributed by atoms with van der Waals surface area (Å²) in [6.45, 7) is 9.77. The molecule has 2 aliphatic rings. The molecule has 3 rings (SSSR count). The zero-order valence-corrected chi connectivity index (χ0v) is 17.6. The van der Waals surface area contributed by atoms with E-state index in [-0.39, 0.29) is 11.7 Å². The number of aliphatic imine (C=N–C) groups is 1. The third-order valence-electron chi connectivity index (χ3n) is 5.67. The largest absolute Gasteiger partial charge is 0.508 e. The van der Waals surface area contributed by atoms with Crippen molar-refractivity contribution in [3.8, 4) is 5.75 Å². The normalized spacial score (nSPS) is 20.7. The summed E-state index contributed by atoms with van der Waals surface area (Å²) >= 11 is 0. The number of nitrogens with one attached hydrogen (secondary N) is 2. The van der Waals surface area contributed by atoms with Crippen molar-refractivity contribution in [2.45, 2.75) is 32.6 Å². The Hall–Kier alpha value is -2.28. The van der Waals surface area contributed by atoms with E-state index in [0.717, 1.165) is 25.6 Å². The van der Waals surface area contributed by atoms with Gasteiger partial charge in [0.15, 0.2) is 5.96 Å². The van der Waals surface area contributed by atoms with E-state index >= 15 is 0 Å². The Morgan fingerprint density at radius 3 is 2.62 bits per heavy atom. The molecule has 2 saturated heterocycles. The lowest BCUT2D eigenvalue weighted by Crippen LogP contribution is -2.41. The van der Waals surface area contributed by atoms with Crippen LogP contribution in [-0.2, 0) is 0 Å². The van der Waals surface area contributed by atoms with Crippen molar-refractivity contribution in [3.05, 3.63) is 29.8 Å². The summed E-state index contributed by atoms with van der Waals surface area (Å²) in [4.78, 5) is 21.8. The van der Waals surface area contributed by atoms with Gasteiger partial charge in [-0.25, -0.2) is 0 Å². The zero-order valence-electron chi connectivity index (χ0n) is 17.6. The monoisotopic (exact) mass is 401 g/mol. The first-order valence-electron chi connectivity index (χ1n) is 11.0. The van der Waals surface area contributed by atoms with Crippen LogP contribution in [0.2, 0.25) is 0 Å². The Labute approximate surface area is 174 Å². The SMILES string of the molecule is CCNC(=NCCNC(=O)c1ccc(O)cc1)N1CCC(CN2CCCCC2)C1. The molecule has 1 aromatic rings. The number of aromatic hydroxyl groups is 1. The molecule has 0 radical (unpaired) electrons. The van der Waals surface area contributed by atoms with Crippen molar-refractivity contribution in [2.24, 2.45) is 10.9 Å². The van der Waals surface area contributed by atoms with Crippen molar-refractivity contribution < 1.29 is 9.90 Å². The van der Waals surface area contributed by atoms with Gasteiger partial charge in [-0.05, 0) is 69.5 Å². The molecule has 0 bridgehead atoms. The molecular formula is C22H35N5O2. The van der Waals surface area contributed by atoms with Crippen LogP contribution in [0.3, 0.4) is 0 Å². The minimum Gasteiger partial charge on any atom is -0.508 e. The van der Waals surface area contributed by atoms with Gasteiger partial charge in [-0.2, -0.15) is 0 Å². The van der Waals surface area contributed by atoms with Crippen LogP contribution in [0.1, 0.15) is 43.0 Å². The molecule has 0 saturated carbocycles. The molecule has 1 amide bonds. The molecule has 29 heavy (non-hydrogen) atoms. The molecular weight excluding hydrogens is 366 g/mol. The lowest BCUT2D eigenvalue weighted by atomic mass is 10.1. The number of phenols is 1. The second-order valence-corrected chi connectivity index (χ2v) is 8.00. The second-order valence-electron chi connectivity index (χ2n) is 8.00. The number of nitrogens with zero attached hydrogens (tertiary/aromatic N) is 3. The first-order valence-corrected chi connectivity index (χ1v) is 11.0. The highest BCUT2D eigenvalue weighted by atomic mass is 16.3. The molecule has 2 aliphatic heterocycles. The average Bonchev–Trinajstić information content (AvgIpc) is 3.19. The van der Waals surface area contributed by atoms with Gasteiger partial charge < -0.3 is 25.5 Å². The van der Waals surface area contributed by atoms with E-state index in [4.69, 9.17) is 4.99 Å². The minimum atomic E-state index is -0.145. The van der Waals surface area contributed by atoms with Crippen molar-refractivity contribution in [1.29, 1.82) is 0 Å². The topological polar surface area (TPSA) is 80.2 Å². The van der Waals surface area contributed by atoms with Gasteiger partial charge in [0.2, 0.25) is 0 Å². The summed E-state index contributed by atoms with van der Waals surface area (Å²) in [5.41, 5.74) is 0.541. The maximum Gasteiger partial charge on any atom is 0.251 e. The van der Waals surface area contributed by atoms with Crippen LogP contribution in [-0.4, -0.2) is 79.1 Å². The number of phenolic OH excluding ortho intramolecular Hbond substituents is 1. The summed E-state index contributed by atoms with van der Waals surface area (Å²) in [6, 6.07) is 6.27. The van der Waals surface area contributed by atoms with Crippen LogP contribution in [0.25, 0.3) is 0 Å². The number of benzene rings is 1. The predicted octanol–water partition coefficient (Wildman–Crippen LogP) is 1.90. The number of hydrogen-bond donors (Lipinski definition) is 3. The molecule has 2 fully saturated rings. The number of rotatable bonds is 7. The maximum absolute atomic E-state index is 12.1. The molecule has 0 aliphatic carbocycles. The standard InChI is InChI=1S/C22H35N5O2/c1-2-23-22(25-12-11-24-21(29)19-6-8-20(28)9-7-19)27-15-10-18(17-27)16-26-13-4-3-5-14-26/h6-9,18,28H,2-5,10-17H2,1H3,(H,23,25)(H,24,29). The fraction of sp³-hybridized carbons (Fsp3) is 0.636. The Kier molecular flexibility index (Phi) is 8.16. The minimum absolute atomic E-state index is 0.145. The summed E-state index contributed by atoms with van der Waals surface area (Å²) in [5, 5.41) is 15.6. The number of amides is 1. The van der Waals surface area contributed by atoms with Gasteiger partial charge in [0.25, 0.3) is 5.91 Å². The summed E-state index contributed by atoms with van der Waals surface area (Å²) in [5.74, 6) is 1.68. The van der Waals surface area contributed by atoms with Crippen LogP contribution < -0.4 is 10.6 Å². The van der Waals surface area contributed by atoms with E-state index in [0.29, 0.717) is 24.6 Å². The lowest BCUT2D eigenvalue weighted by molar-refractivity contribution is 0.0955. The van der Waals surface area contributed by atoms with Crippen molar-refractivity contribution in [1.82, 2.24) is 20.4 Å². The molecule has 7 nitrogen and oxygen atoms in total. The number of likely N-dealkylation sites (tertiary alicyclic amines) is 2. The third-order valence-corrected chi connectivity index (χ3v) is 5.67. The molecule has 3 N–H and O–H groups in total. The predicted molar refractivity (Wildman–Crippen MR) is 116 cm³/mol. The molecule has 2 heterocycles. The van der Waals surface area contributed by atoms with Crippen LogP contribution in [0, 0.1) is 5.92 Å². The molecule has 1 unspecified atom stereocenters. The number of piperidine rings is 1. The Bertz CT molecular complexity index is 670. The van der Waals surface area contributed by atoms with Gasteiger partial charge >= 0.3 is 0 Å². The van der Waals surface area contributed by atoms with E-state index in [9.17, 15) is 9.90 Å². The zero-order chi connectivity index (χ0) is 20.5. The highest BCUT2D eigenvalue weighted by Crippen LogP contribution is 2.20. The van der Waals surface area contributed by atoms with Crippen LogP contribution in [0.4, 0.5) is 0 Å². The van der Waals surface area contributed by atoms with Crippen LogP contribution in [0.5, 0.6) is 5.75 Å². The van der Waals surface area contributed by atoms with Crippen LogP contribution in [0.15, 0.2) is 29.3 Å². The first kappa shape index (κ1) is 21.4. The highest BCUT2D eigenvalue weighted by Gasteiger charge is 2.26. The van der Waals surface area contributed by atoms with E-state index < -0.39 is 0 Å². The Morgan fingerprint density at radius 1 is 1.14 bits per heavy atom. The first-order chi connectivity index (χ1) is 14.2. The van der Waals surface area contributed by atoms with Gasteiger partial charge in [-0.3, -0.25) is 9.79 Å². The van der Waals surface area contributed by atoms with Crippen LogP contribution >= 0.6 is 0 Å². The smallest absolute Gasteiger partial charge is 0.251 e. The van der Waals surface area contributed by atoms with E-state index in [2.05, 4.69) is 27.4 Å². The maximum atomic E-state index is 12.1. The van der Waals surface area contributed by atoms with Gasteiger partial charge in [0.1, 0.15) is 5.75 Å². The number of guanidine groups is 1. The van der Waals surface area contributed by atoms with Gasteiger partial charge in [0, 0.05) is 38.3 Å². The van der Waals surface area contributed by atoms with Gasteiger partial charge in [-0.15, -0.1) is 0 Å². The van der Waals surface area contributed by atoms with Crippen molar-refractivity contribution >= 4 is 11.9 Å². The average molecular weight is 402 g/mol. The second kappa shape index (κ2) is 11.0. The summed E-state index contributed by atoms with van der Waals surface area (Å²) in [7, 11) is 0. The van der Waals surface area contributed by atoms with E-state index in [1.54, 1.807) is 12.1 Å². The number of carbonyl (C=O) groups is 1. The molecule has 0 spiro atoms. The highest BCUT2D eigenvalue weighted by molar-refractivity contribution is 5.94. The quantitative estimate of drug-likeness (QED) is 0.369. The molecule has 1 atom stereocenters. The van der Waals surface area contributed by atoms with E-state index in [1.807, 2.05) is 0 Å². The van der Waals surface area contributed by atoms with Crippen molar-refractivity contribution in [2.75, 3.05) is 52.4 Å². The Morgan fingerprint density at radius 2 is 1.90 bits per heavy atom. The fourth-order valence-corrected chi connectivity index (χ4v) is 4.15. The summed E-state index contributed by atoms with van der Waals surface area (Å²) < 4.78 is 0. The summed E-state index contributed by atoms with van der Waals surface area (Å²) in [6.07, 6.45) is 5.29. The number of carbonyl (C=O) groups excluding carboxylic acids is 1. The molecule has 160 valence electrons. The molecule has 0 aromatic heterocycles.